The lowest BCUT2D eigenvalue weighted by atomic mass is 10.1. The van der Waals surface area contributed by atoms with E-state index in [1.165, 1.54) is 12.1 Å². The fourth-order valence-corrected chi connectivity index (χ4v) is 3.95. The summed E-state index contributed by atoms with van der Waals surface area (Å²) in [6.07, 6.45) is 1.79. The molecular formula is C25H32F3N3O3S. The lowest BCUT2D eigenvalue weighted by molar-refractivity contribution is -0.137. The topological polar surface area (TPSA) is 74.6 Å². The van der Waals surface area contributed by atoms with Crippen molar-refractivity contribution in [3.8, 4) is 6.07 Å². The number of alkyl halides is 3. The minimum atomic E-state index is -4.33. The Morgan fingerprint density at radius 2 is 1.94 bits per heavy atom. The smallest absolute Gasteiger partial charge is 0.416 e. The van der Waals surface area contributed by atoms with Gasteiger partial charge in [-0.25, -0.2) is 4.79 Å². The van der Waals surface area contributed by atoms with Crippen molar-refractivity contribution in [3.63, 3.8) is 0 Å². The highest BCUT2D eigenvalue weighted by Gasteiger charge is 2.31. The standard InChI is InChI=1S/C17H22F3NO3.C8H10N2S/c1-16(2,3)24-15(22)21-9-8-14(10-21)23-11-12-4-6-13(7-5-12)17(18,19)20;1-10-11-8-4-2-3-7(5-8)6-9/h4-7,14H,8-11H2,1-3H3;4-5,10H,2-3H2,1H3. The number of nitrogens with zero attached hydrogens (tertiary/aromatic N) is 2. The molecule has 6 nitrogen and oxygen atoms in total. The number of allylic oxidation sites excluding steroid dienone is 3. The van der Waals surface area contributed by atoms with Gasteiger partial charge in [0.25, 0.3) is 0 Å². The van der Waals surface area contributed by atoms with Gasteiger partial charge in [-0.1, -0.05) is 18.2 Å². The molecule has 3 rings (SSSR count). The highest BCUT2D eigenvalue weighted by Crippen LogP contribution is 2.29. The van der Waals surface area contributed by atoms with Gasteiger partial charge in [0.2, 0.25) is 0 Å². The zero-order valence-corrected chi connectivity index (χ0v) is 21.3. The Bertz CT molecular complexity index is 948. The molecule has 1 atom stereocenters. The van der Waals surface area contributed by atoms with Crippen LogP contribution < -0.4 is 4.72 Å². The van der Waals surface area contributed by atoms with E-state index in [0.717, 1.165) is 35.5 Å². The van der Waals surface area contributed by atoms with Gasteiger partial charge < -0.3 is 14.4 Å². The van der Waals surface area contributed by atoms with Gasteiger partial charge >= 0.3 is 12.3 Å². The molecule has 1 heterocycles. The van der Waals surface area contributed by atoms with Crippen molar-refractivity contribution < 1.29 is 27.4 Å². The minimum Gasteiger partial charge on any atom is -0.444 e. The molecule has 2 aliphatic rings. The van der Waals surface area contributed by atoms with Gasteiger partial charge in [0.15, 0.2) is 0 Å². The summed E-state index contributed by atoms with van der Waals surface area (Å²) >= 11 is 1.55. The van der Waals surface area contributed by atoms with Crippen LogP contribution in [0.1, 0.15) is 51.2 Å². The van der Waals surface area contributed by atoms with E-state index in [9.17, 15) is 18.0 Å². The fraction of sp³-hybridized carbons (Fsp3) is 0.520. The summed E-state index contributed by atoms with van der Waals surface area (Å²) in [4.78, 5) is 14.7. The molecule has 1 fully saturated rings. The number of halogens is 3. The molecular weight excluding hydrogens is 479 g/mol. The van der Waals surface area contributed by atoms with Gasteiger partial charge in [0.05, 0.1) is 30.9 Å². The van der Waals surface area contributed by atoms with Crippen molar-refractivity contribution in [1.29, 1.82) is 5.26 Å². The number of carbonyl (C=O) groups is 1. The van der Waals surface area contributed by atoms with Crippen LogP contribution in [0.2, 0.25) is 0 Å². The first-order valence-electron chi connectivity index (χ1n) is 11.3. The second-order valence-corrected chi connectivity index (χ2v) is 10.2. The molecule has 1 aromatic carbocycles. The predicted molar refractivity (Wildman–Crippen MR) is 130 cm³/mol. The summed E-state index contributed by atoms with van der Waals surface area (Å²) in [6.45, 7) is 6.60. The second-order valence-electron chi connectivity index (χ2n) is 9.08. The number of hydrogen-bond donors (Lipinski definition) is 1. The van der Waals surface area contributed by atoms with E-state index >= 15 is 0 Å². The van der Waals surface area contributed by atoms with Crippen LogP contribution in [0.4, 0.5) is 18.0 Å². The first-order valence-corrected chi connectivity index (χ1v) is 12.1. The van der Waals surface area contributed by atoms with E-state index in [2.05, 4.69) is 16.9 Å². The molecule has 1 aliphatic carbocycles. The number of hydrogen-bond acceptors (Lipinski definition) is 6. The molecule has 10 heteroatoms. The Morgan fingerprint density at radius 1 is 1.26 bits per heavy atom. The maximum Gasteiger partial charge on any atom is 0.416 e. The summed E-state index contributed by atoms with van der Waals surface area (Å²) in [5.74, 6) is 0. The van der Waals surface area contributed by atoms with Crippen molar-refractivity contribution in [1.82, 2.24) is 9.62 Å². The zero-order chi connectivity index (χ0) is 26.1. The number of likely N-dealkylation sites (tertiary alicyclic amines) is 1. The Kier molecular flexibility index (Phi) is 10.7. The maximum absolute atomic E-state index is 12.5. The van der Waals surface area contributed by atoms with Crippen LogP contribution in [0.3, 0.4) is 0 Å². The normalized spacial score (nSPS) is 18.1. The van der Waals surface area contributed by atoms with Crippen LogP contribution >= 0.6 is 11.9 Å². The Hall–Kier alpha value is -2.48. The molecule has 0 aromatic heterocycles. The van der Waals surface area contributed by atoms with Gasteiger partial charge in [-0.05, 0) is 82.8 Å². The van der Waals surface area contributed by atoms with Crippen LogP contribution in [0.15, 0.2) is 46.9 Å². The molecule has 1 N–H and O–H groups in total. The first kappa shape index (κ1) is 28.8. The Balaban J connectivity index is 0.000000328. The third-order valence-corrected chi connectivity index (χ3v) is 5.73. The van der Waals surface area contributed by atoms with Crippen LogP contribution in [-0.4, -0.2) is 42.8 Å². The Morgan fingerprint density at radius 3 is 2.51 bits per heavy atom. The number of carbonyl (C=O) groups excluding carboxylic acids is 1. The lowest BCUT2D eigenvalue weighted by Crippen LogP contribution is -2.36. The molecule has 0 saturated carbocycles. The molecule has 1 saturated heterocycles. The molecule has 1 aromatic rings. The van der Waals surface area contributed by atoms with E-state index in [1.807, 2.05) is 13.1 Å². The molecule has 192 valence electrons. The van der Waals surface area contributed by atoms with E-state index in [-0.39, 0.29) is 18.8 Å². The minimum absolute atomic E-state index is 0.139. The van der Waals surface area contributed by atoms with Crippen LogP contribution in [0.25, 0.3) is 0 Å². The fourth-order valence-electron chi connectivity index (χ4n) is 3.31. The average Bonchev–Trinajstić information content (AvgIpc) is 3.26. The molecule has 1 amide bonds. The highest BCUT2D eigenvalue weighted by atomic mass is 32.2. The SMILES string of the molecule is CC(C)(C)OC(=O)N1CCC(OCc2ccc(C(F)(F)F)cc2)C1.CNSC1=CCCC(C#N)=C1. The van der Waals surface area contributed by atoms with Crippen molar-refractivity contribution in [3.05, 3.63) is 58.0 Å². The summed E-state index contributed by atoms with van der Waals surface area (Å²) in [6, 6.07) is 7.07. The number of amides is 1. The summed E-state index contributed by atoms with van der Waals surface area (Å²) in [5.41, 5.74) is 0.322. The van der Waals surface area contributed by atoms with Gasteiger partial charge in [0.1, 0.15) is 5.60 Å². The number of nitriles is 1. The van der Waals surface area contributed by atoms with Crippen molar-refractivity contribution in [2.24, 2.45) is 0 Å². The second kappa shape index (κ2) is 13.0. The quantitative estimate of drug-likeness (QED) is 0.474. The molecule has 0 bridgehead atoms. The summed E-state index contributed by atoms with van der Waals surface area (Å²) in [7, 11) is 1.88. The largest absolute Gasteiger partial charge is 0.444 e. The number of rotatable bonds is 5. The van der Waals surface area contributed by atoms with E-state index in [1.54, 1.807) is 37.6 Å². The number of ether oxygens (including phenoxy) is 2. The average molecular weight is 512 g/mol. The summed E-state index contributed by atoms with van der Waals surface area (Å²) < 4.78 is 51.5. The highest BCUT2D eigenvalue weighted by molar-refractivity contribution is 8.01. The number of benzene rings is 1. The van der Waals surface area contributed by atoms with Gasteiger partial charge in [-0.2, -0.15) is 18.4 Å². The van der Waals surface area contributed by atoms with E-state index < -0.39 is 17.3 Å². The van der Waals surface area contributed by atoms with Gasteiger partial charge in [0, 0.05) is 17.0 Å². The molecule has 1 unspecified atom stereocenters. The van der Waals surface area contributed by atoms with Crippen molar-refractivity contribution in [2.45, 2.75) is 64.5 Å². The Labute approximate surface area is 209 Å². The third kappa shape index (κ3) is 10.3. The van der Waals surface area contributed by atoms with Crippen LogP contribution in [0, 0.1) is 11.3 Å². The third-order valence-electron chi connectivity index (χ3n) is 5.00. The van der Waals surface area contributed by atoms with Gasteiger partial charge in [-0.15, -0.1) is 0 Å². The van der Waals surface area contributed by atoms with E-state index in [4.69, 9.17) is 14.7 Å². The molecule has 0 spiro atoms. The van der Waals surface area contributed by atoms with E-state index in [0.29, 0.717) is 25.1 Å². The molecule has 1 aliphatic heterocycles. The molecule has 0 radical (unpaired) electrons. The first-order chi connectivity index (χ1) is 16.4. The van der Waals surface area contributed by atoms with Crippen LogP contribution in [-0.2, 0) is 22.3 Å². The number of nitrogens with one attached hydrogen (secondary N) is 1. The summed E-state index contributed by atoms with van der Waals surface area (Å²) in [5, 5.41) is 8.60. The molecule has 35 heavy (non-hydrogen) atoms. The monoisotopic (exact) mass is 511 g/mol. The van der Waals surface area contributed by atoms with Gasteiger partial charge in [-0.3, -0.25) is 4.72 Å². The maximum atomic E-state index is 12.5. The zero-order valence-electron chi connectivity index (χ0n) is 20.4. The predicted octanol–water partition coefficient (Wildman–Crippen LogP) is 6.21. The van der Waals surface area contributed by atoms with Crippen LogP contribution in [0.5, 0.6) is 0 Å². The lowest BCUT2D eigenvalue weighted by Gasteiger charge is -2.24. The van der Waals surface area contributed by atoms with Crippen molar-refractivity contribution >= 4 is 18.0 Å². The van der Waals surface area contributed by atoms with Crippen molar-refractivity contribution in [2.75, 3.05) is 20.1 Å².